The van der Waals surface area contributed by atoms with Crippen LogP contribution in [0, 0.1) is 0 Å². The summed E-state index contributed by atoms with van der Waals surface area (Å²) in [5.74, 6) is 0.734. The third-order valence-corrected chi connectivity index (χ3v) is 3.28. The van der Waals surface area contributed by atoms with Gasteiger partial charge >= 0.3 is 0 Å². The van der Waals surface area contributed by atoms with Gasteiger partial charge in [-0.15, -0.1) is 10.2 Å². The number of nitrogen functional groups attached to an aromatic ring is 1. The minimum Gasteiger partial charge on any atom is -0.462 e. The van der Waals surface area contributed by atoms with Gasteiger partial charge in [0.2, 0.25) is 0 Å². The van der Waals surface area contributed by atoms with E-state index in [1.54, 1.807) is 6.26 Å². The van der Waals surface area contributed by atoms with Gasteiger partial charge in [-0.25, -0.2) is 0 Å². The second-order valence-corrected chi connectivity index (χ2v) is 4.49. The van der Waals surface area contributed by atoms with Crippen LogP contribution in [0.25, 0.3) is 21.3 Å². The predicted octanol–water partition coefficient (Wildman–Crippen LogP) is 3.05. The van der Waals surface area contributed by atoms with Crippen molar-refractivity contribution in [2.24, 2.45) is 0 Å². The minimum atomic E-state index is 0.720. The molecule has 0 saturated heterocycles. The number of aromatic nitrogens is 2. The molecule has 3 aromatic rings. The van der Waals surface area contributed by atoms with Crippen LogP contribution in [-0.4, -0.2) is 10.2 Å². The number of benzene rings is 1. The van der Waals surface area contributed by atoms with Crippen LogP contribution in [0.4, 0.5) is 5.69 Å². The lowest BCUT2D eigenvalue weighted by atomic mass is 10.2. The molecule has 0 amide bonds. The van der Waals surface area contributed by atoms with E-state index >= 15 is 0 Å². The van der Waals surface area contributed by atoms with Crippen LogP contribution >= 0.6 is 11.3 Å². The monoisotopic (exact) mass is 243 g/mol. The molecule has 0 fully saturated rings. The van der Waals surface area contributed by atoms with Crippen molar-refractivity contribution in [1.82, 2.24) is 10.2 Å². The van der Waals surface area contributed by atoms with E-state index in [1.807, 2.05) is 36.4 Å². The minimum absolute atomic E-state index is 0.720. The van der Waals surface area contributed by atoms with Gasteiger partial charge in [-0.1, -0.05) is 23.5 Å². The highest BCUT2D eigenvalue weighted by Gasteiger charge is 2.10. The maximum absolute atomic E-state index is 5.74. The predicted molar refractivity (Wildman–Crippen MR) is 67.5 cm³/mol. The molecule has 0 unspecified atom stereocenters. The lowest BCUT2D eigenvalue weighted by Gasteiger charge is -1.95. The summed E-state index contributed by atoms with van der Waals surface area (Å²) in [4.78, 5) is 0. The molecule has 4 nitrogen and oxygen atoms in total. The number of hydrogen-bond donors (Lipinski definition) is 1. The lowest BCUT2D eigenvalue weighted by Crippen LogP contribution is -1.84. The van der Waals surface area contributed by atoms with Gasteiger partial charge in [0.15, 0.2) is 10.8 Å². The van der Waals surface area contributed by atoms with Crippen LogP contribution < -0.4 is 5.73 Å². The van der Waals surface area contributed by atoms with E-state index in [9.17, 15) is 0 Å². The maximum Gasteiger partial charge on any atom is 0.183 e. The zero-order valence-electron chi connectivity index (χ0n) is 8.83. The average Bonchev–Trinajstić information content (AvgIpc) is 3.00. The summed E-state index contributed by atoms with van der Waals surface area (Å²) >= 11 is 1.48. The van der Waals surface area contributed by atoms with Crippen LogP contribution in [0.5, 0.6) is 0 Å². The van der Waals surface area contributed by atoms with E-state index in [-0.39, 0.29) is 0 Å². The lowest BCUT2D eigenvalue weighted by molar-refractivity contribution is 0.581. The molecule has 0 aliphatic rings. The number of nitrogens with zero attached hydrogens (tertiary/aromatic N) is 2. The Morgan fingerprint density at radius 2 is 1.94 bits per heavy atom. The number of rotatable bonds is 2. The number of hydrogen-bond acceptors (Lipinski definition) is 5. The molecule has 5 heteroatoms. The van der Waals surface area contributed by atoms with Gasteiger partial charge in [0.05, 0.1) is 6.26 Å². The Bertz CT molecular complexity index is 631. The van der Waals surface area contributed by atoms with Gasteiger partial charge < -0.3 is 10.2 Å². The zero-order valence-corrected chi connectivity index (χ0v) is 9.65. The fraction of sp³-hybridized carbons (Fsp3) is 0. The fourth-order valence-electron chi connectivity index (χ4n) is 1.51. The Morgan fingerprint density at radius 3 is 2.71 bits per heavy atom. The third kappa shape index (κ3) is 1.92. The Kier molecular flexibility index (Phi) is 2.38. The Hall–Kier alpha value is -2.14. The first kappa shape index (κ1) is 10.0. The number of anilines is 1. The molecule has 2 aromatic heterocycles. The molecule has 1 aromatic carbocycles. The SMILES string of the molecule is Nc1cccc(-c2nnc(-c3ccco3)s2)c1. The summed E-state index contributed by atoms with van der Waals surface area (Å²) in [6, 6.07) is 11.3. The largest absolute Gasteiger partial charge is 0.462 e. The van der Waals surface area contributed by atoms with Crippen LogP contribution in [0.1, 0.15) is 0 Å². The van der Waals surface area contributed by atoms with E-state index in [2.05, 4.69) is 10.2 Å². The van der Waals surface area contributed by atoms with Crippen molar-refractivity contribution in [1.29, 1.82) is 0 Å². The molecule has 0 bridgehead atoms. The topological polar surface area (TPSA) is 64.9 Å². The van der Waals surface area contributed by atoms with Crippen molar-refractivity contribution in [3.63, 3.8) is 0 Å². The Labute approximate surface area is 102 Å². The van der Waals surface area contributed by atoms with Crippen molar-refractivity contribution in [3.8, 4) is 21.3 Å². The molecule has 0 spiro atoms. The summed E-state index contributed by atoms with van der Waals surface area (Å²) in [7, 11) is 0. The summed E-state index contributed by atoms with van der Waals surface area (Å²) in [6.45, 7) is 0. The smallest absolute Gasteiger partial charge is 0.183 e. The summed E-state index contributed by atoms with van der Waals surface area (Å²) in [5.41, 5.74) is 7.43. The quantitative estimate of drug-likeness (QED) is 0.702. The van der Waals surface area contributed by atoms with E-state index < -0.39 is 0 Å². The summed E-state index contributed by atoms with van der Waals surface area (Å²) in [5, 5.41) is 9.84. The first-order chi connectivity index (χ1) is 8.33. The third-order valence-electron chi connectivity index (χ3n) is 2.29. The number of nitrogens with two attached hydrogens (primary N) is 1. The molecular formula is C12H9N3OS. The fourth-order valence-corrected chi connectivity index (χ4v) is 2.32. The Morgan fingerprint density at radius 1 is 1.06 bits per heavy atom. The molecule has 2 N–H and O–H groups in total. The first-order valence-electron chi connectivity index (χ1n) is 5.06. The molecule has 84 valence electrons. The normalized spacial score (nSPS) is 10.6. The van der Waals surface area contributed by atoms with Crippen LogP contribution in [-0.2, 0) is 0 Å². The molecule has 0 atom stereocenters. The summed E-state index contributed by atoms with van der Waals surface area (Å²) < 4.78 is 5.28. The van der Waals surface area contributed by atoms with E-state index in [1.165, 1.54) is 11.3 Å². The van der Waals surface area contributed by atoms with Gasteiger partial charge in [0.1, 0.15) is 5.01 Å². The second-order valence-electron chi connectivity index (χ2n) is 3.52. The van der Waals surface area contributed by atoms with Crippen LogP contribution in [0.15, 0.2) is 47.1 Å². The molecule has 0 saturated carbocycles. The van der Waals surface area contributed by atoms with E-state index in [0.717, 1.165) is 27.0 Å². The molecule has 3 rings (SSSR count). The van der Waals surface area contributed by atoms with Crippen molar-refractivity contribution >= 4 is 17.0 Å². The Balaban J connectivity index is 2.01. The first-order valence-corrected chi connectivity index (χ1v) is 5.88. The highest BCUT2D eigenvalue weighted by molar-refractivity contribution is 7.17. The van der Waals surface area contributed by atoms with Gasteiger partial charge in [-0.3, -0.25) is 0 Å². The van der Waals surface area contributed by atoms with Crippen molar-refractivity contribution in [2.75, 3.05) is 5.73 Å². The van der Waals surface area contributed by atoms with Crippen molar-refractivity contribution in [2.45, 2.75) is 0 Å². The molecular weight excluding hydrogens is 234 g/mol. The highest BCUT2D eigenvalue weighted by atomic mass is 32.1. The van der Waals surface area contributed by atoms with Crippen molar-refractivity contribution in [3.05, 3.63) is 42.7 Å². The highest BCUT2D eigenvalue weighted by Crippen LogP contribution is 2.30. The molecule has 17 heavy (non-hydrogen) atoms. The average molecular weight is 243 g/mol. The van der Waals surface area contributed by atoms with Crippen molar-refractivity contribution < 1.29 is 4.42 Å². The summed E-state index contributed by atoms with van der Waals surface area (Å²) in [6.07, 6.45) is 1.62. The maximum atomic E-state index is 5.74. The van der Waals surface area contributed by atoms with E-state index in [4.69, 9.17) is 10.2 Å². The number of furan rings is 1. The van der Waals surface area contributed by atoms with Crippen LogP contribution in [0.2, 0.25) is 0 Å². The second kappa shape index (κ2) is 4.03. The molecule has 0 aliphatic carbocycles. The van der Waals surface area contributed by atoms with Gasteiger partial charge in [-0.05, 0) is 24.3 Å². The zero-order chi connectivity index (χ0) is 11.7. The van der Waals surface area contributed by atoms with Gasteiger partial charge in [0, 0.05) is 11.3 Å². The molecule has 0 aliphatic heterocycles. The molecule has 0 radical (unpaired) electrons. The van der Waals surface area contributed by atoms with Gasteiger partial charge in [0.25, 0.3) is 0 Å². The standard InChI is InChI=1S/C12H9N3OS/c13-9-4-1-3-8(7-9)11-14-15-12(17-11)10-5-2-6-16-10/h1-7H,13H2. The van der Waals surface area contributed by atoms with E-state index in [0.29, 0.717) is 0 Å². The molecule has 2 heterocycles. The van der Waals surface area contributed by atoms with Gasteiger partial charge in [-0.2, -0.15) is 0 Å². The van der Waals surface area contributed by atoms with Crippen LogP contribution in [0.3, 0.4) is 0 Å².